The monoisotopic (exact) mass is 884 g/mol. The number of non-ortho nitro benzene ring substituents is 1. The van der Waals surface area contributed by atoms with Gasteiger partial charge in [-0.25, -0.2) is 9.59 Å². The van der Waals surface area contributed by atoms with E-state index < -0.39 is 40.8 Å². The normalized spacial score (nSPS) is 23.2. The number of unbranched alkanes of at least 4 members (excludes halogenated alkanes) is 2. The van der Waals surface area contributed by atoms with Crippen LogP contribution in [0.1, 0.15) is 74.5 Å². The van der Waals surface area contributed by atoms with Crippen molar-refractivity contribution in [2.45, 2.75) is 82.8 Å². The first-order valence-electron chi connectivity index (χ1n) is 21.8. The summed E-state index contributed by atoms with van der Waals surface area (Å²) >= 11 is 0. The molecular weight excluding hydrogens is 829 g/mol. The highest BCUT2D eigenvalue weighted by molar-refractivity contribution is 6.03. The van der Waals surface area contributed by atoms with Gasteiger partial charge in [-0.3, -0.25) is 15.0 Å². The van der Waals surface area contributed by atoms with Crippen LogP contribution in [0, 0.1) is 27.9 Å². The largest absolute Gasteiger partial charge is 0.459 e. The quantitative estimate of drug-likeness (QED) is 0.0434. The van der Waals surface area contributed by atoms with Gasteiger partial charge in [0, 0.05) is 56.3 Å². The zero-order valence-electron chi connectivity index (χ0n) is 36.1. The molecule has 7 rings (SSSR count). The number of hydrogen-bond acceptors (Lipinski definition) is 14. The van der Waals surface area contributed by atoms with Crippen molar-refractivity contribution in [3.63, 3.8) is 0 Å². The summed E-state index contributed by atoms with van der Waals surface area (Å²) in [5, 5.41) is 38.7. The fourth-order valence-electron chi connectivity index (χ4n) is 9.55. The summed E-state index contributed by atoms with van der Waals surface area (Å²) in [5.41, 5.74) is 3.40. The summed E-state index contributed by atoms with van der Waals surface area (Å²) in [4.78, 5) is 45.7. The Hall–Kier alpha value is -6.17. The van der Waals surface area contributed by atoms with E-state index in [2.05, 4.69) is 18.0 Å². The van der Waals surface area contributed by atoms with Crippen LogP contribution in [0.5, 0.6) is 23.0 Å². The van der Waals surface area contributed by atoms with Gasteiger partial charge in [0.25, 0.3) is 5.69 Å². The molecule has 2 aliphatic heterocycles. The molecule has 64 heavy (non-hydrogen) atoms. The van der Waals surface area contributed by atoms with Gasteiger partial charge >= 0.3 is 12.2 Å². The van der Waals surface area contributed by atoms with Gasteiger partial charge in [-0.2, -0.15) is 0 Å². The molecule has 17 heteroatoms. The molecular formula is C47H56N4O13. The van der Waals surface area contributed by atoms with Gasteiger partial charge in [0.05, 0.1) is 30.3 Å². The highest BCUT2D eigenvalue weighted by Gasteiger charge is 2.65. The minimum absolute atomic E-state index is 0.00682. The smallest absolute Gasteiger partial charge is 0.412 e. The summed E-state index contributed by atoms with van der Waals surface area (Å²) in [6.07, 6.45) is 6.69. The molecule has 0 saturated heterocycles. The number of benzene rings is 3. The first kappa shape index (κ1) is 45.8. The van der Waals surface area contributed by atoms with Crippen molar-refractivity contribution >= 4 is 23.6 Å². The van der Waals surface area contributed by atoms with Gasteiger partial charge in [0.1, 0.15) is 24.1 Å². The molecule has 0 aromatic heterocycles. The number of carbonyl (C=O) groups excluding carboxylic acids is 2. The van der Waals surface area contributed by atoms with Crippen molar-refractivity contribution < 1.29 is 58.0 Å². The zero-order valence-corrected chi connectivity index (χ0v) is 36.1. The highest BCUT2D eigenvalue weighted by Crippen LogP contribution is 2.62. The van der Waals surface area contributed by atoms with Crippen LogP contribution in [0.4, 0.5) is 15.3 Å². The zero-order chi connectivity index (χ0) is 45.2. The van der Waals surface area contributed by atoms with Gasteiger partial charge in [-0.05, 0) is 104 Å². The van der Waals surface area contributed by atoms with E-state index in [1.54, 1.807) is 48.2 Å². The van der Waals surface area contributed by atoms with E-state index >= 15 is 0 Å². The van der Waals surface area contributed by atoms with E-state index in [0.717, 1.165) is 29.5 Å². The third-order valence-corrected chi connectivity index (χ3v) is 12.3. The van der Waals surface area contributed by atoms with Crippen molar-refractivity contribution in [3.05, 3.63) is 112 Å². The molecule has 6 atom stereocenters. The molecule has 17 nitrogen and oxygen atoms in total. The maximum absolute atomic E-state index is 14.3. The molecule has 2 heterocycles. The van der Waals surface area contributed by atoms with E-state index in [1.165, 1.54) is 19.2 Å². The van der Waals surface area contributed by atoms with Gasteiger partial charge in [-0.15, -0.1) is 6.58 Å². The average Bonchev–Trinajstić information content (AvgIpc) is 3.77. The number of allylic oxidation sites excluding steroid dienone is 1. The lowest BCUT2D eigenvalue weighted by Crippen LogP contribution is -2.70. The van der Waals surface area contributed by atoms with Gasteiger partial charge in [-0.1, -0.05) is 36.2 Å². The number of aliphatic hydroxyl groups excluding tert-OH is 2. The predicted octanol–water partition coefficient (Wildman–Crippen LogP) is 7.53. The van der Waals surface area contributed by atoms with Crippen molar-refractivity contribution in [2.24, 2.45) is 22.9 Å². The number of ether oxygens (including phenoxy) is 6. The Labute approximate surface area is 371 Å². The minimum Gasteiger partial charge on any atom is -0.459 e. The Balaban J connectivity index is 1.43. The lowest BCUT2D eigenvalue weighted by atomic mass is 9.55. The van der Waals surface area contributed by atoms with Crippen molar-refractivity contribution in [3.8, 4) is 23.0 Å². The third-order valence-electron chi connectivity index (χ3n) is 12.3. The van der Waals surface area contributed by atoms with Crippen LogP contribution >= 0.6 is 0 Å². The summed E-state index contributed by atoms with van der Waals surface area (Å²) in [6.45, 7) is 6.36. The molecule has 0 bridgehead atoms. The van der Waals surface area contributed by atoms with Gasteiger partial charge in [0.15, 0.2) is 11.5 Å². The first-order valence-corrected chi connectivity index (χ1v) is 21.8. The molecule has 2 amide bonds. The molecule has 2 aliphatic carbocycles. The van der Waals surface area contributed by atoms with E-state index in [-0.39, 0.29) is 63.7 Å². The second-order valence-electron chi connectivity index (χ2n) is 16.2. The maximum Gasteiger partial charge on any atom is 0.412 e. The summed E-state index contributed by atoms with van der Waals surface area (Å²) in [6, 6.07) is 15.8. The Kier molecular flexibility index (Phi) is 15.0. The van der Waals surface area contributed by atoms with E-state index in [1.807, 2.05) is 18.2 Å². The second-order valence-corrected chi connectivity index (χ2v) is 16.2. The fraction of sp³-hybridized carbons (Fsp3) is 0.468. The maximum atomic E-state index is 14.3. The number of nitro groups is 1. The molecule has 3 aromatic rings. The Morgan fingerprint density at radius 2 is 1.73 bits per heavy atom. The summed E-state index contributed by atoms with van der Waals surface area (Å²) in [5.74, 6) is -0.880. The summed E-state index contributed by atoms with van der Waals surface area (Å²) in [7, 11) is 1.31. The molecule has 3 N–H and O–H groups in total. The van der Waals surface area contributed by atoms with Crippen LogP contribution in [0.15, 0.2) is 90.1 Å². The number of hydrogen-bond donors (Lipinski definition) is 3. The molecule has 342 valence electrons. The molecule has 1 fully saturated rings. The van der Waals surface area contributed by atoms with Crippen LogP contribution in [0.3, 0.4) is 0 Å². The number of nitro benzene ring substituents is 1. The number of nitrogens with zero attached hydrogens (tertiary/aromatic N) is 3. The van der Waals surface area contributed by atoms with Crippen LogP contribution in [0.2, 0.25) is 0 Å². The van der Waals surface area contributed by atoms with E-state index in [0.29, 0.717) is 66.5 Å². The number of rotatable bonds is 20. The molecule has 0 radical (unpaired) electrons. The Bertz CT molecular complexity index is 2210. The van der Waals surface area contributed by atoms with E-state index in [9.17, 15) is 29.9 Å². The minimum atomic E-state index is -1.59. The first-order chi connectivity index (χ1) is 31.1. The SMILES string of the molecule is C=CCOC12Oc3ccc(OC(=O)NCC)cc3C3C(CCCCO)C(CCCCO)C=C(C(=NOCc4ccc([N+](=O)[O-])cc4)CC1N(Cc1ccc4c(c1)OCO4)C(=O)OC)C32. The molecule has 4 aliphatic rings. The van der Waals surface area contributed by atoms with Crippen molar-refractivity contribution in [1.29, 1.82) is 0 Å². The number of fused-ring (bicyclic) bond motifs is 3. The number of oxime groups is 1. The Morgan fingerprint density at radius 3 is 2.45 bits per heavy atom. The number of carbonyl (C=O) groups is 2. The predicted molar refractivity (Wildman–Crippen MR) is 233 cm³/mol. The molecule has 6 unspecified atom stereocenters. The van der Waals surface area contributed by atoms with Crippen LogP contribution in [-0.4, -0.2) is 90.0 Å². The number of methoxy groups -OCH3 is 1. The lowest BCUT2D eigenvalue weighted by molar-refractivity contribution is -0.384. The van der Waals surface area contributed by atoms with Crippen molar-refractivity contribution in [1.82, 2.24) is 10.2 Å². The number of nitrogens with one attached hydrogen (secondary N) is 1. The third kappa shape index (κ3) is 9.81. The number of aliphatic hydroxyl groups is 2. The molecule has 3 aromatic carbocycles. The van der Waals surface area contributed by atoms with Gasteiger partial charge in [0.2, 0.25) is 12.6 Å². The molecule has 0 spiro atoms. The van der Waals surface area contributed by atoms with Gasteiger partial charge < -0.3 is 48.8 Å². The van der Waals surface area contributed by atoms with Crippen molar-refractivity contribution in [2.75, 3.05) is 40.3 Å². The number of amides is 2. The fourth-order valence-corrected chi connectivity index (χ4v) is 9.55. The highest BCUT2D eigenvalue weighted by atomic mass is 16.7. The standard InChI is InChI=1S/C47H56N4O13/c1-4-22-61-47-42(50(46(55)58-3)27-31-14-18-40-41(23-31)60-29-59-40)26-38(49-62-28-30-12-15-33(16-13-30)51(56)57)36-24-32(10-6-8-20-52)35(11-7-9-21-53)43(44(36)47)37-25-34(17-19-39(37)64-47)63-45(54)48-5-2/h4,12-19,23-25,32,35,42-44,52-53H,1,5-11,20-22,26-29H2,2-3H3,(H,48,54). The topological polar surface area (TPSA) is 210 Å². The molecule has 1 saturated carbocycles. The van der Waals surface area contributed by atoms with Crippen LogP contribution in [-0.2, 0) is 27.5 Å². The van der Waals surface area contributed by atoms with Crippen LogP contribution in [0.25, 0.3) is 0 Å². The van der Waals surface area contributed by atoms with Crippen LogP contribution < -0.4 is 24.3 Å². The average molecular weight is 885 g/mol. The lowest BCUT2D eigenvalue weighted by Gasteiger charge is -2.59. The Morgan fingerprint density at radius 1 is 1.00 bits per heavy atom. The second kappa shape index (κ2) is 21.0. The van der Waals surface area contributed by atoms with E-state index in [4.69, 9.17) is 38.4 Å². The summed E-state index contributed by atoms with van der Waals surface area (Å²) < 4.78 is 36.8.